The fraction of sp³-hybridized carbons (Fsp3) is 0.600. The van der Waals surface area contributed by atoms with E-state index in [2.05, 4.69) is 22.0 Å². The number of hydrogen-bond acceptors (Lipinski definition) is 1. The van der Waals surface area contributed by atoms with Gasteiger partial charge in [-0.1, -0.05) is 59.8 Å². The zero-order valence-electron chi connectivity index (χ0n) is 10.2. The molecule has 0 aromatic heterocycles. The van der Waals surface area contributed by atoms with Crippen molar-refractivity contribution in [1.29, 1.82) is 0 Å². The predicted molar refractivity (Wildman–Crippen MR) is 75.0 cm³/mol. The fourth-order valence-electron chi connectivity index (χ4n) is 2.75. The van der Waals surface area contributed by atoms with Crippen LogP contribution in [0.1, 0.15) is 44.1 Å². The van der Waals surface area contributed by atoms with Gasteiger partial charge in [0.1, 0.15) is 0 Å². The highest BCUT2D eigenvalue weighted by Crippen LogP contribution is 2.29. The number of rotatable bonds is 5. The molecule has 0 bridgehead atoms. The van der Waals surface area contributed by atoms with E-state index >= 15 is 0 Å². The lowest BCUT2D eigenvalue weighted by Gasteiger charge is -2.14. The van der Waals surface area contributed by atoms with Crippen molar-refractivity contribution in [3.8, 4) is 0 Å². The molecule has 94 valence electrons. The first-order chi connectivity index (χ1) is 8.25. The van der Waals surface area contributed by atoms with E-state index in [1.807, 2.05) is 18.2 Å². The summed E-state index contributed by atoms with van der Waals surface area (Å²) in [6, 6.07) is 8.17. The fourth-order valence-corrected chi connectivity index (χ4v) is 3.19. The lowest BCUT2D eigenvalue weighted by Crippen LogP contribution is -2.12. The Kier molecular flexibility index (Phi) is 5.05. The molecule has 1 unspecified atom stereocenters. The van der Waals surface area contributed by atoms with Gasteiger partial charge in [0, 0.05) is 4.47 Å². The molecule has 0 spiro atoms. The quantitative estimate of drug-likeness (QED) is 0.858. The van der Waals surface area contributed by atoms with Gasteiger partial charge in [-0.05, 0) is 36.8 Å². The largest absolute Gasteiger partial charge is 0.393 e. The smallest absolute Gasteiger partial charge is 0.0581 e. The van der Waals surface area contributed by atoms with Crippen LogP contribution in [-0.4, -0.2) is 11.2 Å². The van der Waals surface area contributed by atoms with Crippen LogP contribution in [0.4, 0.5) is 0 Å². The van der Waals surface area contributed by atoms with E-state index in [9.17, 15) is 5.11 Å². The molecule has 17 heavy (non-hydrogen) atoms. The number of benzene rings is 1. The SMILES string of the molecule is OC(CCC1CCCC1)Cc1ccccc1Br. The molecule has 1 aliphatic rings. The molecular weight excluding hydrogens is 276 g/mol. The summed E-state index contributed by atoms with van der Waals surface area (Å²) in [6.45, 7) is 0. The van der Waals surface area contributed by atoms with Crippen molar-refractivity contribution in [2.75, 3.05) is 0 Å². The lowest BCUT2D eigenvalue weighted by molar-refractivity contribution is 0.154. The molecule has 1 aliphatic carbocycles. The highest BCUT2D eigenvalue weighted by molar-refractivity contribution is 9.10. The molecule has 1 atom stereocenters. The van der Waals surface area contributed by atoms with Gasteiger partial charge in [0.2, 0.25) is 0 Å². The van der Waals surface area contributed by atoms with Gasteiger partial charge in [0.05, 0.1) is 6.10 Å². The highest BCUT2D eigenvalue weighted by Gasteiger charge is 2.16. The normalized spacial score (nSPS) is 18.5. The van der Waals surface area contributed by atoms with Crippen LogP contribution in [0.3, 0.4) is 0 Å². The van der Waals surface area contributed by atoms with Crippen LogP contribution in [-0.2, 0) is 6.42 Å². The van der Waals surface area contributed by atoms with Gasteiger partial charge in [-0.2, -0.15) is 0 Å². The topological polar surface area (TPSA) is 20.2 Å². The third kappa shape index (κ3) is 4.11. The first kappa shape index (κ1) is 13.1. The van der Waals surface area contributed by atoms with Crippen LogP contribution in [0.5, 0.6) is 0 Å². The molecule has 0 aliphatic heterocycles. The summed E-state index contributed by atoms with van der Waals surface area (Å²) in [5.41, 5.74) is 1.21. The van der Waals surface area contributed by atoms with Gasteiger partial charge < -0.3 is 5.11 Å². The van der Waals surface area contributed by atoms with Crippen molar-refractivity contribution >= 4 is 15.9 Å². The van der Waals surface area contributed by atoms with Gasteiger partial charge in [0.15, 0.2) is 0 Å². The molecule has 1 N–H and O–H groups in total. The van der Waals surface area contributed by atoms with Gasteiger partial charge in [-0.25, -0.2) is 0 Å². The van der Waals surface area contributed by atoms with Crippen LogP contribution in [0.2, 0.25) is 0 Å². The maximum atomic E-state index is 10.1. The summed E-state index contributed by atoms with van der Waals surface area (Å²) < 4.78 is 1.11. The van der Waals surface area contributed by atoms with Crippen LogP contribution >= 0.6 is 15.9 Å². The number of hydrogen-bond donors (Lipinski definition) is 1. The van der Waals surface area contributed by atoms with E-state index < -0.39 is 0 Å². The van der Waals surface area contributed by atoms with E-state index in [1.165, 1.54) is 37.7 Å². The average molecular weight is 297 g/mol. The number of aliphatic hydroxyl groups is 1. The van der Waals surface area contributed by atoms with Crippen molar-refractivity contribution in [1.82, 2.24) is 0 Å². The molecule has 1 aromatic rings. The molecule has 1 aromatic carbocycles. The molecule has 0 saturated heterocycles. The maximum Gasteiger partial charge on any atom is 0.0581 e. The zero-order valence-corrected chi connectivity index (χ0v) is 11.8. The Balaban J connectivity index is 1.76. The number of aliphatic hydroxyl groups excluding tert-OH is 1. The minimum absolute atomic E-state index is 0.186. The van der Waals surface area contributed by atoms with Crippen molar-refractivity contribution in [3.05, 3.63) is 34.3 Å². The standard InChI is InChI=1S/C15H21BrO/c16-15-8-4-3-7-13(15)11-14(17)10-9-12-5-1-2-6-12/h3-4,7-8,12,14,17H,1-2,5-6,9-11H2. The minimum atomic E-state index is -0.186. The minimum Gasteiger partial charge on any atom is -0.393 e. The average Bonchev–Trinajstić information content (AvgIpc) is 2.82. The second kappa shape index (κ2) is 6.55. The molecule has 0 radical (unpaired) electrons. The van der Waals surface area contributed by atoms with Gasteiger partial charge >= 0.3 is 0 Å². The third-order valence-electron chi connectivity index (χ3n) is 3.80. The van der Waals surface area contributed by atoms with E-state index in [4.69, 9.17) is 0 Å². The first-order valence-corrected chi connectivity index (χ1v) is 7.46. The third-order valence-corrected chi connectivity index (χ3v) is 4.57. The summed E-state index contributed by atoms with van der Waals surface area (Å²) in [5, 5.41) is 10.1. The predicted octanol–water partition coefficient (Wildman–Crippen LogP) is 4.32. The summed E-state index contributed by atoms with van der Waals surface area (Å²) >= 11 is 3.53. The Labute approximate surface area is 112 Å². The summed E-state index contributed by atoms with van der Waals surface area (Å²) in [6.07, 6.45) is 8.28. The van der Waals surface area contributed by atoms with Gasteiger partial charge in [-0.15, -0.1) is 0 Å². The highest BCUT2D eigenvalue weighted by atomic mass is 79.9. The van der Waals surface area contributed by atoms with Crippen molar-refractivity contribution in [3.63, 3.8) is 0 Å². The molecule has 0 amide bonds. The van der Waals surface area contributed by atoms with Crippen LogP contribution in [0.25, 0.3) is 0 Å². The Morgan fingerprint density at radius 1 is 1.24 bits per heavy atom. The van der Waals surface area contributed by atoms with Crippen molar-refractivity contribution in [2.45, 2.75) is 51.0 Å². The molecule has 2 heteroatoms. The molecule has 2 rings (SSSR count). The Morgan fingerprint density at radius 2 is 1.94 bits per heavy atom. The van der Waals surface area contributed by atoms with E-state index in [0.29, 0.717) is 0 Å². The summed E-state index contributed by atoms with van der Waals surface area (Å²) in [7, 11) is 0. The summed E-state index contributed by atoms with van der Waals surface area (Å²) in [5.74, 6) is 0.879. The summed E-state index contributed by atoms with van der Waals surface area (Å²) in [4.78, 5) is 0. The second-order valence-corrected chi connectivity index (χ2v) is 6.03. The monoisotopic (exact) mass is 296 g/mol. The Hall–Kier alpha value is -0.340. The van der Waals surface area contributed by atoms with E-state index in [0.717, 1.165) is 23.2 Å². The Morgan fingerprint density at radius 3 is 2.65 bits per heavy atom. The second-order valence-electron chi connectivity index (χ2n) is 5.18. The van der Waals surface area contributed by atoms with Gasteiger partial charge in [0.25, 0.3) is 0 Å². The number of halogens is 1. The van der Waals surface area contributed by atoms with Crippen molar-refractivity contribution in [2.24, 2.45) is 5.92 Å². The molecule has 1 fully saturated rings. The van der Waals surface area contributed by atoms with E-state index in [1.54, 1.807) is 0 Å². The van der Waals surface area contributed by atoms with Crippen molar-refractivity contribution < 1.29 is 5.11 Å². The zero-order chi connectivity index (χ0) is 12.1. The molecular formula is C15H21BrO. The first-order valence-electron chi connectivity index (χ1n) is 6.67. The lowest BCUT2D eigenvalue weighted by atomic mass is 9.97. The maximum absolute atomic E-state index is 10.1. The Bertz CT molecular complexity index is 345. The molecule has 1 nitrogen and oxygen atoms in total. The van der Waals surface area contributed by atoms with Gasteiger partial charge in [-0.3, -0.25) is 0 Å². The van der Waals surface area contributed by atoms with Crippen LogP contribution in [0, 0.1) is 5.92 Å². The molecule has 0 heterocycles. The molecule has 1 saturated carbocycles. The van der Waals surface area contributed by atoms with Crippen LogP contribution < -0.4 is 0 Å². The van der Waals surface area contributed by atoms with E-state index in [-0.39, 0.29) is 6.10 Å². The van der Waals surface area contributed by atoms with Crippen LogP contribution in [0.15, 0.2) is 28.7 Å².